The number of aliphatic hydroxyl groups excluding tert-OH is 1. The Kier molecular flexibility index (Phi) is 3.96. The molecule has 0 amide bonds. The van der Waals surface area contributed by atoms with Crippen molar-refractivity contribution in [2.24, 2.45) is 0 Å². The van der Waals surface area contributed by atoms with E-state index in [2.05, 4.69) is 11.0 Å². The second kappa shape index (κ2) is 5.65. The van der Waals surface area contributed by atoms with Crippen LogP contribution in [-0.2, 0) is 0 Å². The van der Waals surface area contributed by atoms with Gasteiger partial charge in [0, 0.05) is 12.1 Å². The molecule has 18 heavy (non-hydrogen) atoms. The maximum absolute atomic E-state index is 10.7. The molecule has 4 nitrogen and oxygen atoms in total. The van der Waals surface area contributed by atoms with Gasteiger partial charge < -0.3 is 10.0 Å². The van der Waals surface area contributed by atoms with E-state index in [1.165, 1.54) is 0 Å². The summed E-state index contributed by atoms with van der Waals surface area (Å²) in [5.74, 6) is 0. The monoisotopic (exact) mass is 244 g/mol. The lowest BCUT2D eigenvalue weighted by molar-refractivity contribution is 0.112. The fraction of sp³-hybridized carbons (Fsp3) is 0.429. The van der Waals surface area contributed by atoms with Crippen molar-refractivity contribution in [2.45, 2.75) is 25.3 Å². The second-order valence-corrected chi connectivity index (χ2v) is 4.53. The SMILES string of the molecule is N#Cc1cc(C=O)ccc1N1CCCCC1CO. The molecule has 0 radical (unpaired) electrons. The summed E-state index contributed by atoms with van der Waals surface area (Å²) in [6, 6.07) is 7.33. The fourth-order valence-corrected chi connectivity index (χ4v) is 2.47. The lowest BCUT2D eigenvalue weighted by Gasteiger charge is -2.37. The third-order valence-electron chi connectivity index (χ3n) is 3.42. The average Bonchev–Trinajstić information content (AvgIpc) is 2.46. The van der Waals surface area contributed by atoms with Gasteiger partial charge >= 0.3 is 0 Å². The van der Waals surface area contributed by atoms with E-state index in [1.54, 1.807) is 18.2 Å². The van der Waals surface area contributed by atoms with Crippen molar-refractivity contribution < 1.29 is 9.90 Å². The summed E-state index contributed by atoms with van der Waals surface area (Å²) in [4.78, 5) is 12.8. The number of rotatable bonds is 3. The Morgan fingerprint density at radius 2 is 2.33 bits per heavy atom. The first kappa shape index (κ1) is 12.6. The Hall–Kier alpha value is -1.86. The van der Waals surface area contributed by atoms with Gasteiger partial charge in [0.05, 0.1) is 23.9 Å². The molecular weight excluding hydrogens is 228 g/mol. The molecule has 0 bridgehead atoms. The zero-order valence-corrected chi connectivity index (χ0v) is 10.2. The minimum Gasteiger partial charge on any atom is -0.394 e. The van der Waals surface area contributed by atoms with Gasteiger partial charge in [-0.1, -0.05) is 0 Å². The molecule has 1 N–H and O–H groups in total. The van der Waals surface area contributed by atoms with E-state index >= 15 is 0 Å². The Morgan fingerprint density at radius 3 is 3.00 bits per heavy atom. The van der Waals surface area contributed by atoms with Gasteiger partial charge in [0.2, 0.25) is 0 Å². The molecule has 0 aliphatic carbocycles. The highest BCUT2D eigenvalue weighted by Crippen LogP contribution is 2.28. The third-order valence-corrected chi connectivity index (χ3v) is 3.42. The molecule has 1 aromatic rings. The minimum absolute atomic E-state index is 0.0768. The molecule has 0 aromatic heterocycles. The Balaban J connectivity index is 2.37. The summed E-state index contributed by atoms with van der Waals surface area (Å²) in [6.07, 6.45) is 3.86. The van der Waals surface area contributed by atoms with Crippen LogP contribution in [0.25, 0.3) is 0 Å². The number of carbonyl (C=O) groups excluding carboxylic acids is 1. The molecule has 2 rings (SSSR count). The maximum Gasteiger partial charge on any atom is 0.150 e. The summed E-state index contributed by atoms with van der Waals surface area (Å²) in [6.45, 7) is 0.945. The van der Waals surface area contributed by atoms with E-state index in [9.17, 15) is 15.2 Å². The first-order valence-corrected chi connectivity index (χ1v) is 6.17. The quantitative estimate of drug-likeness (QED) is 0.822. The molecule has 1 saturated heterocycles. The number of carbonyl (C=O) groups is 1. The van der Waals surface area contributed by atoms with E-state index < -0.39 is 0 Å². The lowest BCUT2D eigenvalue weighted by atomic mass is 10.00. The van der Waals surface area contributed by atoms with Crippen LogP contribution >= 0.6 is 0 Å². The average molecular weight is 244 g/mol. The zero-order valence-electron chi connectivity index (χ0n) is 10.2. The van der Waals surface area contributed by atoms with Crippen molar-refractivity contribution in [3.8, 4) is 6.07 Å². The van der Waals surface area contributed by atoms with Crippen LogP contribution in [0, 0.1) is 11.3 Å². The van der Waals surface area contributed by atoms with Crippen molar-refractivity contribution in [1.29, 1.82) is 5.26 Å². The van der Waals surface area contributed by atoms with E-state index in [-0.39, 0.29) is 12.6 Å². The second-order valence-electron chi connectivity index (χ2n) is 4.53. The molecule has 1 unspecified atom stereocenters. The van der Waals surface area contributed by atoms with Crippen LogP contribution in [0.2, 0.25) is 0 Å². The summed E-state index contributed by atoms with van der Waals surface area (Å²) in [5.41, 5.74) is 1.83. The number of nitriles is 1. The van der Waals surface area contributed by atoms with Crippen LogP contribution in [0.4, 0.5) is 5.69 Å². The Morgan fingerprint density at radius 1 is 1.50 bits per heavy atom. The number of aliphatic hydroxyl groups is 1. The summed E-state index contributed by atoms with van der Waals surface area (Å²) in [7, 11) is 0. The van der Waals surface area contributed by atoms with Gasteiger partial charge in [0.15, 0.2) is 0 Å². The van der Waals surface area contributed by atoms with E-state index in [0.29, 0.717) is 11.1 Å². The molecule has 1 aromatic carbocycles. The van der Waals surface area contributed by atoms with E-state index in [4.69, 9.17) is 0 Å². The van der Waals surface area contributed by atoms with Crippen LogP contribution in [0.5, 0.6) is 0 Å². The van der Waals surface area contributed by atoms with Gasteiger partial charge in [-0.25, -0.2) is 0 Å². The van der Waals surface area contributed by atoms with Crippen LogP contribution in [0.1, 0.15) is 35.2 Å². The van der Waals surface area contributed by atoms with Gasteiger partial charge in [-0.3, -0.25) is 4.79 Å². The maximum atomic E-state index is 10.7. The fourth-order valence-electron chi connectivity index (χ4n) is 2.47. The minimum atomic E-state index is 0.0768. The van der Waals surface area contributed by atoms with Gasteiger partial charge in [0.25, 0.3) is 0 Å². The molecular formula is C14H16N2O2. The topological polar surface area (TPSA) is 64.3 Å². The smallest absolute Gasteiger partial charge is 0.150 e. The van der Waals surface area contributed by atoms with Gasteiger partial charge in [-0.05, 0) is 37.5 Å². The van der Waals surface area contributed by atoms with Crippen molar-refractivity contribution in [2.75, 3.05) is 18.1 Å². The molecule has 1 fully saturated rings. The zero-order chi connectivity index (χ0) is 13.0. The summed E-state index contributed by atoms with van der Waals surface area (Å²) in [5, 5.41) is 18.6. The summed E-state index contributed by atoms with van der Waals surface area (Å²) >= 11 is 0. The normalized spacial score (nSPS) is 19.3. The number of hydrogen-bond donors (Lipinski definition) is 1. The predicted octanol–water partition coefficient (Wildman–Crippen LogP) is 1.72. The number of nitrogens with zero attached hydrogens (tertiary/aromatic N) is 2. The third kappa shape index (κ3) is 2.36. The molecule has 1 heterocycles. The van der Waals surface area contributed by atoms with Crippen molar-refractivity contribution in [3.63, 3.8) is 0 Å². The molecule has 1 aliphatic rings. The molecule has 1 atom stereocenters. The molecule has 1 aliphatic heterocycles. The molecule has 94 valence electrons. The first-order chi connectivity index (χ1) is 8.80. The highest BCUT2D eigenvalue weighted by molar-refractivity contribution is 5.78. The summed E-state index contributed by atoms with van der Waals surface area (Å²) < 4.78 is 0. The van der Waals surface area contributed by atoms with Crippen molar-refractivity contribution in [1.82, 2.24) is 0 Å². The van der Waals surface area contributed by atoms with Crippen molar-refractivity contribution >= 4 is 12.0 Å². The number of benzene rings is 1. The molecule has 0 saturated carbocycles. The van der Waals surface area contributed by atoms with Crippen LogP contribution < -0.4 is 4.90 Å². The first-order valence-electron chi connectivity index (χ1n) is 6.17. The Bertz CT molecular complexity index is 479. The van der Waals surface area contributed by atoms with Crippen LogP contribution in [0.15, 0.2) is 18.2 Å². The highest BCUT2D eigenvalue weighted by atomic mass is 16.3. The standard InChI is InChI=1S/C14H16N2O2/c15-8-12-7-11(9-17)4-5-14(12)16-6-2-1-3-13(16)10-18/h4-5,7,9,13,18H,1-3,6,10H2. The number of hydrogen-bond acceptors (Lipinski definition) is 4. The largest absolute Gasteiger partial charge is 0.394 e. The number of aldehydes is 1. The van der Waals surface area contributed by atoms with E-state index in [0.717, 1.165) is 37.8 Å². The van der Waals surface area contributed by atoms with Gasteiger partial charge in [-0.2, -0.15) is 5.26 Å². The van der Waals surface area contributed by atoms with Gasteiger partial charge in [-0.15, -0.1) is 0 Å². The molecule has 4 heteroatoms. The molecule has 0 spiro atoms. The highest BCUT2D eigenvalue weighted by Gasteiger charge is 2.23. The van der Waals surface area contributed by atoms with Gasteiger partial charge in [0.1, 0.15) is 12.4 Å². The van der Waals surface area contributed by atoms with Crippen LogP contribution in [-0.4, -0.2) is 30.6 Å². The van der Waals surface area contributed by atoms with Crippen LogP contribution in [0.3, 0.4) is 0 Å². The lowest BCUT2D eigenvalue weighted by Crippen LogP contribution is -2.42. The van der Waals surface area contributed by atoms with Crippen molar-refractivity contribution in [3.05, 3.63) is 29.3 Å². The number of anilines is 1. The van der Waals surface area contributed by atoms with E-state index in [1.807, 2.05) is 0 Å². The Labute approximate surface area is 106 Å². The predicted molar refractivity (Wildman–Crippen MR) is 68.6 cm³/mol. The number of piperidine rings is 1.